The lowest BCUT2D eigenvalue weighted by molar-refractivity contribution is 0.0448. The van der Waals surface area contributed by atoms with E-state index in [4.69, 9.17) is 0 Å². The summed E-state index contributed by atoms with van der Waals surface area (Å²) in [5, 5.41) is 10.1. The molecule has 1 fully saturated rings. The first-order valence-corrected chi connectivity index (χ1v) is 6.53. The lowest BCUT2D eigenvalue weighted by Gasteiger charge is -2.38. The van der Waals surface area contributed by atoms with Crippen molar-refractivity contribution in [3.63, 3.8) is 0 Å². The molecule has 1 aromatic carbocycles. The fourth-order valence-corrected chi connectivity index (χ4v) is 2.71. The van der Waals surface area contributed by atoms with Crippen LogP contribution in [0.3, 0.4) is 0 Å². The number of rotatable bonds is 2. The molecule has 0 bridgehead atoms. The monoisotopic (exact) mass is 297 g/mol. The predicted molar refractivity (Wildman–Crippen MR) is 71.6 cm³/mol. The number of β-amino-alcohol motifs (C(OH)–C–C–N with tert-alkyl or cyclic N) is 1. The number of halogens is 1. The molecule has 4 heteroatoms. The number of carbonyl (C=O) groups is 1. The van der Waals surface area contributed by atoms with Gasteiger partial charge in [0.2, 0.25) is 0 Å². The highest BCUT2D eigenvalue weighted by molar-refractivity contribution is 9.10. The van der Waals surface area contributed by atoms with Gasteiger partial charge >= 0.3 is 0 Å². The van der Waals surface area contributed by atoms with E-state index in [0.717, 1.165) is 35.8 Å². The molecule has 1 heterocycles. The van der Waals surface area contributed by atoms with Crippen molar-refractivity contribution in [3.05, 3.63) is 28.2 Å². The van der Waals surface area contributed by atoms with Crippen molar-refractivity contribution in [2.24, 2.45) is 0 Å². The van der Waals surface area contributed by atoms with Crippen LogP contribution < -0.4 is 4.90 Å². The average Bonchev–Trinajstić information content (AvgIpc) is 2.27. The van der Waals surface area contributed by atoms with Gasteiger partial charge in [0.15, 0.2) is 6.29 Å². The minimum absolute atomic E-state index is 0.579. The Balaban J connectivity index is 2.30. The minimum Gasteiger partial charge on any atom is -0.388 e. The summed E-state index contributed by atoms with van der Waals surface area (Å²) in [4.78, 5) is 13.2. The summed E-state index contributed by atoms with van der Waals surface area (Å²) < 4.78 is 0.895. The molecule has 0 spiro atoms. The zero-order chi connectivity index (χ0) is 12.5. The van der Waals surface area contributed by atoms with E-state index in [1.165, 1.54) is 0 Å². The maximum atomic E-state index is 11.1. The Labute approximate surface area is 110 Å². The molecule has 0 radical (unpaired) electrons. The maximum Gasteiger partial charge on any atom is 0.152 e. The van der Waals surface area contributed by atoms with E-state index < -0.39 is 5.60 Å². The van der Waals surface area contributed by atoms with Crippen LogP contribution in [0.15, 0.2) is 22.7 Å². The maximum absolute atomic E-state index is 11.1. The normalized spacial score (nSPS) is 24.8. The Morgan fingerprint density at radius 3 is 2.94 bits per heavy atom. The number of carbonyl (C=O) groups excluding carboxylic acids is 1. The number of hydrogen-bond acceptors (Lipinski definition) is 3. The van der Waals surface area contributed by atoms with Crippen LogP contribution in [-0.2, 0) is 0 Å². The SMILES string of the molecule is CC1(O)CCCN(c2ccc(Br)cc2C=O)C1. The van der Waals surface area contributed by atoms with Crippen molar-refractivity contribution in [2.45, 2.75) is 25.4 Å². The zero-order valence-electron chi connectivity index (χ0n) is 9.82. The summed E-state index contributed by atoms with van der Waals surface area (Å²) in [5.74, 6) is 0. The number of anilines is 1. The first kappa shape index (κ1) is 12.6. The lowest BCUT2D eigenvalue weighted by atomic mass is 9.94. The van der Waals surface area contributed by atoms with Crippen molar-refractivity contribution in [3.8, 4) is 0 Å². The molecule has 1 aliphatic rings. The highest BCUT2D eigenvalue weighted by Crippen LogP contribution is 2.29. The van der Waals surface area contributed by atoms with Crippen LogP contribution in [0.5, 0.6) is 0 Å². The third-order valence-electron chi connectivity index (χ3n) is 3.13. The number of benzene rings is 1. The molecule has 0 aliphatic carbocycles. The van der Waals surface area contributed by atoms with Gasteiger partial charge in [0.25, 0.3) is 0 Å². The molecule has 1 N–H and O–H groups in total. The zero-order valence-corrected chi connectivity index (χ0v) is 11.4. The minimum atomic E-state index is -0.661. The molecule has 1 saturated heterocycles. The number of hydrogen-bond donors (Lipinski definition) is 1. The van der Waals surface area contributed by atoms with Gasteiger partial charge in [-0.3, -0.25) is 4.79 Å². The van der Waals surface area contributed by atoms with Gasteiger partial charge in [-0.25, -0.2) is 0 Å². The van der Waals surface area contributed by atoms with Gasteiger partial charge in [-0.2, -0.15) is 0 Å². The van der Waals surface area contributed by atoms with E-state index in [2.05, 4.69) is 20.8 Å². The summed E-state index contributed by atoms with van der Waals surface area (Å²) in [6.07, 6.45) is 2.63. The van der Waals surface area contributed by atoms with Crippen LogP contribution >= 0.6 is 15.9 Å². The molecule has 92 valence electrons. The van der Waals surface area contributed by atoms with Crippen LogP contribution in [0.2, 0.25) is 0 Å². The second-order valence-corrected chi connectivity index (χ2v) is 5.76. The Morgan fingerprint density at radius 1 is 1.53 bits per heavy atom. The number of nitrogens with zero attached hydrogens (tertiary/aromatic N) is 1. The van der Waals surface area contributed by atoms with Crippen molar-refractivity contribution >= 4 is 27.9 Å². The van der Waals surface area contributed by atoms with Crippen LogP contribution in [0, 0.1) is 0 Å². The average molecular weight is 298 g/mol. The first-order valence-electron chi connectivity index (χ1n) is 5.74. The fraction of sp³-hybridized carbons (Fsp3) is 0.462. The van der Waals surface area contributed by atoms with Gasteiger partial charge in [0.1, 0.15) is 0 Å². The second-order valence-electron chi connectivity index (χ2n) is 4.84. The molecule has 1 aliphatic heterocycles. The van der Waals surface area contributed by atoms with Crippen LogP contribution in [0.4, 0.5) is 5.69 Å². The number of piperidine rings is 1. The second kappa shape index (κ2) is 4.78. The molecule has 2 rings (SSSR count). The first-order chi connectivity index (χ1) is 8.02. The van der Waals surface area contributed by atoms with Crippen LogP contribution in [0.1, 0.15) is 30.1 Å². The number of aliphatic hydroxyl groups is 1. The summed E-state index contributed by atoms with van der Waals surface area (Å²) in [5.41, 5.74) is 0.908. The van der Waals surface area contributed by atoms with Gasteiger partial charge in [-0.15, -0.1) is 0 Å². The summed E-state index contributed by atoms with van der Waals surface area (Å²) in [6.45, 7) is 3.31. The highest BCUT2D eigenvalue weighted by atomic mass is 79.9. The van der Waals surface area contributed by atoms with Crippen molar-refractivity contribution < 1.29 is 9.90 Å². The van der Waals surface area contributed by atoms with E-state index in [1.807, 2.05) is 25.1 Å². The Morgan fingerprint density at radius 2 is 2.29 bits per heavy atom. The molecule has 1 atom stereocenters. The third-order valence-corrected chi connectivity index (χ3v) is 3.63. The Bertz CT molecular complexity index is 431. The largest absolute Gasteiger partial charge is 0.388 e. The highest BCUT2D eigenvalue weighted by Gasteiger charge is 2.29. The third kappa shape index (κ3) is 2.87. The van der Waals surface area contributed by atoms with Gasteiger partial charge in [-0.05, 0) is 38.0 Å². The standard InChI is InChI=1S/C13H16BrNO2/c1-13(17)5-2-6-15(9-13)12-4-3-11(14)7-10(12)8-16/h3-4,7-8,17H,2,5-6,9H2,1H3. The molecule has 3 nitrogen and oxygen atoms in total. The molecule has 17 heavy (non-hydrogen) atoms. The van der Waals surface area contributed by atoms with Crippen molar-refractivity contribution in [1.29, 1.82) is 0 Å². The van der Waals surface area contributed by atoms with Gasteiger partial charge in [-0.1, -0.05) is 15.9 Å². The molecule has 0 amide bonds. The van der Waals surface area contributed by atoms with Crippen LogP contribution in [0.25, 0.3) is 0 Å². The van der Waals surface area contributed by atoms with Gasteiger partial charge in [0.05, 0.1) is 5.60 Å². The Hall–Kier alpha value is -0.870. The van der Waals surface area contributed by atoms with Gasteiger partial charge < -0.3 is 10.0 Å². The Kier molecular flexibility index (Phi) is 3.54. The van der Waals surface area contributed by atoms with E-state index >= 15 is 0 Å². The molecule has 0 aromatic heterocycles. The van der Waals surface area contributed by atoms with Crippen molar-refractivity contribution in [2.75, 3.05) is 18.0 Å². The topological polar surface area (TPSA) is 40.5 Å². The lowest BCUT2D eigenvalue weighted by Crippen LogP contribution is -2.46. The van der Waals surface area contributed by atoms with Crippen LogP contribution in [-0.4, -0.2) is 30.1 Å². The summed E-state index contributed by atoms with van der Waals surface area (Å²) in [7, 11) is 0. The summed E-state index contributed by atoms with van der Waals surface area (Å²) >= 11 is 3.36. The van der Waals surface area contributed by atoms with E-state index in [1.54, 1.807) is 0 Å². The molecular weight excluding hydrogens is 282 g/mol. The molecule has 0 saturated carbocycles. The van der Waals surface area contributed by atoms with Gasteiger partial charge in [0, 0.05) is 28.8 Å². The van der Waals surface area contributed by atoms with E-state index in [0.29, 0.717) is 12.1 Å². The van der Waals surface area contributed by atoms with E-state index in [-0.39, 0.29) is 0 Å². The number of aldehydes is 1. The van der Waals surface area contributed by atoms with Crippen molar-refractivity contribution in [1.82, 2.24) is 0 Å². The quantitative estimate of drug-likeness (QED) is 0.853. The summed E-state index contributed by atoms with van der Waals surface area (Å²) in [6, 6.07) is 5.66. The smallest absolute Gasteiger partial charge is 0.152 e. The molecule has 1 unspecified atom stereocenters. The molecular formula is C13H16BrNO2. The van der Waals surface area contributed by atoms with E-state index in [9.17, 15) is 9.90 Å². The predicted octanol–water partition coefficient (Wildman–Crippen LogP) is 2.61. The molecule has 1 aromatic rings. The fourth-order valence-electron chi connectivity index (χ4n) is 2.33.